The number of carbonyl (C=O) groups is 1. The molecule has 28 heavy (non-hydrogen) atoms. The second kappa shape index (κ2) is 8.39. The Morgan fingerprint density at radius 3 is 2.57 bits per heavy atom. The van der Waals surface area contributed by atoms with Crippen LogP contribution in [0.25, 0.3) is 11.0 Å². The normalized spacial score (nSPS) is 10.7. The molecular formula is C23H21N3O2. The summed E-state index contributed by atoms with van der Waals surface area (Å²) in [5, 5.41) is 2.96. The van der Waals surface area contributed by atoms with E-state index >= 15 is 0 Å². The number of rotatable bonds is 7. The van der Waals surface area contributed by atoms with Crippen LogP contribution in [0, 0.1) is 0 Å². The third kappa shape index (κ3) is 4.38. The van der Waals surface area contributed by atoms with E-state index < -0.39 is 0 Å². The molecule has 4 rings (SSSR count). The van der Waals surface area contributed by atoms with Crippen LogP contribution in [0.2, 0.25) is 0 Å². The molecule has 5 heteroatoms. The molecule has 0 aliphatic heterocycles. The van der Waals surface area contributed by atoms with Crippen molar-refractivity contribution in [3.8, 4) is 11.5 Å². The van der Waals surface area contributed by atoms with E-state index in [1.54, 1.807) is 12.1 Å². The monoisotopic (exact) mass is 371 g/mol. The Morgan fingerprint density at radius 2 is 1.71 bits per heavy atom. The SMILES string of the molecule is O=C(NCCCc1nc2ccccc2[nH]1)c1cccc(Oc2ccccc2)c1. The zero-order valence-electron chi connectivity index (χ0n) is 15.4. The number of nitrogens with zero attached hydrogens (tertiary/aromatic N) is 1. The molecular weight excluding hydrogens is 350 g/mol. The molecule has 1 aromatic heterocycles. The molecule has 0 fully saturated rings. The van der Waals surface area contributed by atoms with Crippen molar-refractivity contribution in [2.24, 2.45) is 0 Å². The Balaban J connectivity index is 1.29. The lowest BCUT2D eigenvalue weighted by molar-refractivity contribution is 0.0953. The smallest absolute Gasteiger partial charge is 0.251 e. The summed E-state index contributed by atoms with van der Waals surface area (Å²) in [7, 11) is 0. The minimum absolute atomic E-state index is 0.108. The molecule has 0 spiro atoms. The van der Waals surface area contributed by atoms with Crippen LogP contribution in [-0.4, -0.2) is 22.4 Å². The van der Waals surface area contributed by atoms with Crippen molar-refractivity contribution in [2.45, 2.75) is 12.8 Å². The quantitative estimate of drug-likeness (QED) is 0.462. The molecule has 0 unspecified atom stereocenters. The van der Waals surface area contributed by atoms with Gasteiger partial charge in [-0.1, -0.05) is 36.4 Å². The topological polar surface area (TPSA) is 67.0 Å². The predicted molar refractivity (Wildman–Crippen MR) is 110 cm³/mol. The number of carbonyl (C=O) groups excluding carboxylic acids is 1. The summed E-state index contributed by atoms with van der Waals surface area (Å²) in [6.45, 7) is 0.583. The number of amides is 1. The number of aryl methyl sites for hydroxylation is 1. The van der Waals surface area contributed by atoms with Crippen molar-refractivity contribution >= 4 is 16.9 Å². The summed E-state index contributed by atoms with van der Waals surface area (Å²) in [6.07, 6.45) is 1.60. The maximum absolute atomic E-state index is 12.4. The highest BCUT2D eigenvalue weighted by molar-refractivity contribution is 5.94. The van der Waals surface area contributed by atoms with Crippen LogP contribution in [0.3, 0.4) is 0 Å². The van der Waals surface area contributed by atoms with E-state index in [0.717, 1.165) is 35.4 Å². The van der Waals surface area contributed by atoms with Gasteiger partial charge in [0, 0.05) is 18.5 Å². The first-order valence-corrected chi connectivity index (χ1v) is 9.33. The molecule has 0 radical (unpaired) electrons. The molecule has 1 heterocycles. The molecule has 0 atom stereocenters. The van der Waals surface area contributed by atoms with Crippen LogP contribution in [0.4, 0.5) is 0 Å². The van der Waals surface area contributed by atoms with Crippen molar-refractivity contribution in [2.75, 3.05) is 6.54 Å². The van der Waals surface area contributed by atoms with Gasteiger partial charge in [0.05, 0.1) is 11.0 Å². The summed E-state index contributed by atoms with van der Waals surface area (Å²) in [6, 6.07) is 24.7. The van der Waals surface area contributed by atoms with Gasteiger partial charge in [0.25, 0.3) is 5.91 Å². The fraction of sp³-hybridized carbons (Fsp3) is 0.130. The fourth-order valence-electron chi connectivity index (χ4n) is 3.01. The van der Waals surface area contributed by atoms with Gasteiger partial charge in [0.15, 0.2) is 0 Å². The third-order valence-corrected chi connectivity index (χ3v) is 4.39. The zero-order chi connectivity index (χ0) is 19.2. The lowest BCUT2D eigenvalue weighted by Crippen LogP contribution is -2.24. The van der Waals surface area contributed by atoms with Crippen LogP contribution in [-0.2, 0) is 6.42 Å². The van der Waals surface area contributed by atoms with Gasteiger partial charge >= 0.3 is 0 Å². The van der Waals surface area contributed by atoms with Gasteiger partial charge in [-0.05, 0) is 48.9 Å². The van der Waals surface area contributed by atoms with Crippen LogP contribution >= 0.6 is 0 Å². The lowest BCUT2D eigenvalue weighted by atomic mass is 10.2. The Labute approximate surface area is 163 Å². The van der Waals surface area contributed by atoms with E-state index in [2.05, 4.69) is 15.3 Å². The standard InChI is InChI=1S/C23H21N3O2/c27-23(17-8-6-11-19(16-17)28-18-9-2-1-3-10-18)24-15-7-14-22-25-20-12-4-5-13-21(20)26-22/h1-6,8-13,16H,7,14-15H2,(H,24,27)(H,25,26). The fourth-order valence-corrected chi connectivity index (χ4v) is 3.01. The number of H-pyrrole nitrogens is 1. The largest absolute Gasteiger partial charge is 0.457 e. The summed E-state index contributed by atoms with van der Waals surface area (Å²) < 4.78 is 5.79. The number of fused-ring (bicyclic) bond motifs is 1. The Morgan fingerprint density at radius 1 is 0.929 bits per heavy atom. The van der Waals surface area contributed by atoms with Crippen molar-refractivity contribution in [1.29, 1.82) is 0 Å². The summed E-state index contributed by atoms with van der Waals surface area (Å²) in [5.41, 5.74) is 2.59. The van der Waals surface area contributed by atoms with Gasteiger partial charge in [-0.2, -0.15) is 0 Å². The predicted octanol–water partition coefficient (Wildman–Crippen LogP) is 4.72. The van der Waals surface area contributed by atoms with Crippen LogP contribution < -0.4 is 10.1 Å². The van der Waals surface area contributed by atoms with Crippen molar-refractivity contribution in [1.82, 2.24) is 15.3 Å². The van der Waals surface area contributed by atoms with Crippen LogP contribution in [0.1, 0.15) is 22.6 Å². The molecule has 1 amide bonds. The molecule has 140 valence electrons. The average Bonchev–Trinajstić information content (AvgIpc) is 3.15. The first-order valence-electron chi connectivity index (χ1n) is 9.33. The average molecular weight is 371 g/mol. The van der Waals surface area contributed by atoms with Crippen LogP contribution in [0.15, 0.2) is 78.9 Å². The molecule has 0 aliphatic carbocycles. The molecule has 2 N–H and O–H groups in total. The number of nitrogens with one attached hydrogen (secondary N) is 2. The minimum atomic E-state index is -0.108. The number of aromatic nitrogens is 2. The summed E-state index contributed by atoms with van der Waals surface area (Å²) in [4.78, 5) is 20.3. The van der Waals surface area contributed by atoms with Gasteiger partial charge in [-0.25, -0.2) is 4.98 Å². The van der Waals surface area contributed by atoms with Gasteiger partial charge in [0.2, 0.25) is 0 Å². The van der Waals surface area contributed by atoms with Gasteiger partial charge in [-0.15, -0.1) is 0 Å². The van der Waals surface area contributed by atoms with E-state index in [0.29, 0.717) is 17.9 Å². The molecule has 3 aromatic carbocycles. The second-order valence-electron chi connectivity index (χ2n) is 6.50. The number of imidazole rings is 1. The molecule has 0 saturated carbocycles. The molecule has 5 nitrogen and oxygen atoms in total. The Hall–Kier alpha value is -3.60. The van der Waals surface area contributed by atoms with E-state index in [4.69, 9.17) is 4.74 Å². The zero-order valence-corrected chi connectivity index (χ0v) is 15.4. The van der Waals surface area contributed by atoms with Crippen molar-refractivity contribution in [3.05, 3.63) is 90.3 Å². The Bertz CT molecular complexity index is 1040. The number of hydrogen-bond donors (Lipinski definition) is 2. The molecule has 0 saturated heterocycles. The first-order chi connectivity index (χ1) is 13.8. The Kier molecular flexibility index (Phi) is 5.33. The second-order valence-corrected chi connectivity index (χ2v) is 6.50. The first kappa shape index (κ1) is 17.8. The van der Waals surface area contributed by atoms with Gasteiger partial charge < -0.3 is 15.0 Å². The van der Waals surface area contributed by atoms with E-state index in [9.17, 15) is 4.79 Å². The lowest BCUT2D eigenvalue weighted by Gasteiger charge is -2.08. The molecule has 4 aromatic rings. The van der Waals surface area contributed by atoms with Crippen molar-refractivity contribution < 1.29 is 9.53 Å². The number of benzene rings is 3. The molecule has 0 bridgehead atoms. The highest BCUT2D eigenvalue weighted by Crippen LogP contribution is 2.21. The third-order valence-electron chi connectivity index (χ3n) is 4.39. The number of aromatic amines is 1. The van der Waals surface area contributed by atoms with E-state index in [-0.39, 0.29) is 5.91 Å². The number of para-hydroxylation sites is 3. The highest BCUT2D eigenvalue weighted by atomic mass is 16.5. The van der Waals surface area contributed by atoms with Gasteiger partial charge in [-0.3, -0.25) is 4.79 Å². The highest BCUT2D eigenvalue weighted by Gasteiger charge is 2.07. The summed E-state index contributed by atoms with van der Waals surface area (Å²) >= 11 is 0. The maximum atomic E-state index is 12.4. The van der Waals surface area contributed by atoms with Crippen LogP contribution in [0.5, 0.6) is 11.5 Å². The van der Waals surface area contributed by atoms with E-state index in [1.165, 1.54) is 0 Å². The molecule has 0 aliphatic rings. The van der Waals surface area contributed by atoms with E-state index in [1.807, 2.05) is 66.7 Å². The van der Waals surface area contributed by atoms with Crippen molar-refractivity contribution in [3.63, 3.8) is 0 Å². The number of ether oxygens (including phenoxy) is 1. The van der Waals surface area contributed by atoms with Gasteiger partial charge in [0.1, 0.15) is 17.3 Å². The number of hydrogen-bond acceptors (Lipinski definition) is 3. The maximum Gasteiger partial charge on any atom is 0.251 e. The minimum Gasteiger partial charge on any atom is -0.457 e. The summed E-state index contributed by atoms with van der Waals surface area (Å²) in [5.74, 6) is 2.21.